The SMILES string of the molecule is C=C=C(C)C1CC1(C)CC. The third-order valence-corrected chi connectivity index (χ3v) is 2.96. The molecule has 0 radical (unpaired) electrons. The van der Waals surface area contributed by atoms with Crippen molar-refractivity contribution in [2.75, 3.05) is 0 Å². The second-order valence-corrected chi connectivity index (χ2v) is 3.62. The summed E-state index contributed by atoms with van der Waals surface area (Å²) in [5.74, 6) is 0.787. The van der Waals surface area contributed by atoms with E-state index < -0.39 is 0 Å². The average molecular weight is 136 g/mol. The monoisotopic (exact) mass is 136 g/mol. The third-order valence-electron chi connectivity index (χ3n) is 2.96. The molecule has 0 heterocycles. The molecular weight excluding hydrogens is 120 g/mol. The van der Waals surface area contributed by atoms with Crippen LogP contribution < -0.4 is 0 Å². The van der Waals surface area contributed by atoms with Crippen LogP contribution >= 0.6 is 0 Å². The minimum atomic E-state index is 0.592. The Kier molecular flexibility index (Phi) is 1.74. The van der Waals surface area contributed by atoms with E-state index >= 15 is 0 Å². The Morgan fingerprint density at radius 1 is 1.80 bits per heavy atom. The van der Waals surface area contributed by atoms with Crippen LogP contribution in [0.2, 0.25) is 0 Å². The van der Waals surface area contributed by atoms with E-state index in [1.165, 1.54) is 18.4 Å². The highest BCUT2D eigenvalue weighted by Gasteiger charge is 2.48. The fraction of sp³-hybridized carbons (Fsp3) is 0.700. The molecule has 1 fully saturated rings. The van der Waals surface area contributed by atoms with Crippen molar-refractivity contribution in [1.82, 2.24) is 0 Å². The molecule has 0 amide bonds. The largest absolute Gasteiger partial charge is 0.130 e. The Morgan fingerprint density at radius 3 is 2.70 bits per heavy atom. The van der Waals surface area contributed by atoms with Gasteiger partial charge in [-0.1, -0.05) is 26.8 Å². The number of hydrogen-bond acceptors (Lipinski definition) is 0. The van der Waals surface area contributed by atoms with Gasteiger partial charge < -0.3 is 0 Å². The summed E-state index contributed by atoms with van der Waals surface area (Å²) in [6, 6.07) is 0. The van der Waals surface area contributed by atoms with E-state index in [0.717, 1.165) is 5.92 Å². The summed E-state index contributed by atoms with van der Waals surface area (Å²) in [7, 11) is 0. The van der Waals surface area contributed by atoms with E-state index in [-0.39, 0.29) is 0 Å². The van der Waals surface area contributed by atoms with Crippen LogP contribution in [0.15, 0.2) is 17.9 Å². The van der Waals surface area contributed by atoms with Crippen molar-refractivity contribution in [2.45, 2.75) is 33.6 Å². The van der Waals surface area contributed by atoms with Crippen molar-refractivity contribution >= 4 is 0 Å². The van der Waals surface area contributed by atoms with Gasteiger partial charge in [0.2, 0.25) is 0 Å². The highest BCUT2D eigenvalue weighted by Crippen LogP contribution is 2.57. The van der Waals surface area contributed by atoms with Gasteiger partial charge in [0, 0.05) is 0 Å². The topological polar surface area (TPSA) is 0 Å². The first kappa shape index (κ1) is 7.63. The smallest absolute Gasteiger partial charge is 0.00706 e. The van der Waals surface area contributed by atoms with Gasteiger partial charge in [-0.25, -0.2) is 0 Å². The van der Waals surface area contributed by atoms with Gasteiger partial charge in [-0.3, -0.25) is 0 Å². The maximum atomic E-state index is 3.66. The summed E-state index contributed by atoms with van der Waals surface area (Å²) in [5.41, 5.74) is 4.93. The molecule has 0 heteroatoms. The molecule has 0 aromatic carbocycles. The number of rotatable bonds is 2. The molecule has 2 atom stereocenters. The zero-order chi connectivity index (χ0) is 7.78. The van der Waals surface area contributed by atoms with Gasteiger partial charge in [-0.05, 0) is 30.3 Å². The van der Waals surface area contributed by atoms with Crippen LogP contribution in [0.1, 0.15) is 33.6 Å². The summed E-state index contributed by atoms with van der Waals surface area (Å²) in [6.07, 6.45) is 2.63. The molecule has 0 bridgehead atoms. The van der Waals surface area contributed by atoms with Crippen molar-refractivity contribution in [3.8, 4) is 0 Å². The van der Waals surface area contributed by atoms with Gasteiger partial charge in [0.05, 0.1) is 0 Å². The molecule has 0 aromatic rings. The molecule has 0 aliphatic heterocycles. The van der Waals surface area contributed by atoms with Crippen molar-refractivity contribution in [3.05, 3.63) is 17.9 Å². The van der Waals surface area contributed by atoms with Crippen molar-refractivity contribution < 1.29 is 0 Å². The van der Waals surface area contributed by atoms with Crippen LogP contribution in [0, 0.1) is 11.3 Å². The number of allylic oxidation sites excluding steroid dienone is 1. The summed E-state index contributed by atoms with van der Waals surface area (Å²) >= 11 is 0. The maximum Gasteiger partial charge on any atom is -0.00706 e. The van der Waals surface area contributed by atoms with Gasteiger partial charge in [0.15, 0.2) is 0 Å². The zero-order valence-electron chi connectivity index (χ0n) is 7.20. The van der Waals surface area contributed by atoms with Crippen LogP contribution in [-0.4, -0.2) is 0 Å². The zero-order valence-corrected chi connectivity index (χ0v) is 7.20. The fourth-order valence-electron chi connectivity index (χ4n) is 1.60. The Morgan fingerprint density at radius 2 is 2.40 bits per heavy atom. The summed E-state index contributed by atoms with van der Waals surface area (Å²) in [6.45, 7) is 10.4. The van der Waals surface area contributed by atoms with Crippen molar-refractivity contribution in [2.24, 2.45) is 11.3 Å². The molecule has 0 nitrogen and oxygen atoms in total. The predicted octanol–water partition coefficient (Wildman–Crippen LogP) is 3.15. The lowest BCUT2D eigenvalue weighted by Crippen LogP contribution is -1.95. The van der Waals surface area contributed by atoms with Crippen molar-refractivity contribution in [1.29, 1.82) is 0 Å². The average Bonchev–Trinajstić information content (AvgIpc) is 2.62. The van der Waals surface area contributed by atoms with Crippen LogP contribution in [-0.2, 0) is 0 Å². The molecule has 0 saturated heterocycles. The lowest BCUT2D eigenvalue weighted by Gasteiger charge is -2.05. The maximum absolute atomic E-state index is 3.66. The molecular formula is C10H16. The number of hydrogen-bond donors (Lipinski definition) is 0. The minimum absolute atomic E-state index is 0.592. The second-order valence-electron chi connectivity index (χ2n) is 3.62. The van der Waals surface area contributed by atoms with Gasteiger partial charge in [-0.2, -0.15) is 0 Å². The van der Waals surface area contributed by atoms with Crippen LogP contribution in [0.5, 0.6) is 0 Å². The minimum Gasteiger partial charge on any atom is -0.130 e. The van der Waals surface area contributed by atoms with Crippen LogP contribution in [0.4, 0.5) is 0 Å². The first-order valence-corrected chi connectivity index (χ1v) is 4.00. The highest BCUT2D eigenvalue weighted by molar-refractivity contribution is 5.16. The first-order chi connectivity index (χ1) is 4.64. The van der Waals surface area contributed by atoms with E-state index in [9.17, 15) is 0 Å². The Bertz CT molecular complexity index is 184. The summed E-state index contributed by atoms with van der Waals surface area (Å²) in [4.78, 5) is 0. The summed E-state index contributed by atoms with van der Waals surface area (Å²) < 4.78 is 0. The first-order valence-electron chi connectivity index (χ1n) is 4.00. The van der Waals surface area contributed by atoms with Gasteiger partial charge >= 0.3 is 0 Å². The Labute approximate surface area is 63.6 Å². The Hall–Kier alpha value is -0.480. The molecule has 0 aromatic heterocycles. The molecule has 1 rings (SSSR count). The molecule has 10 heavy (non-hydrogen) atoms. The summed E-state index contributed by atoms with van der Waals surface area (Å²) in [5, 5.41) is 0. The highest BCUT2D eigenvalue weighted by atomic mass is 14.5. The van der Waals surface area contributed by atoms with Crippen molar-refractivity contribution in [3.63, 3.8) is 0 Å². The normalized spacial score (nSPS) is 36.9. The second kappa shape index (κ2) is 2.29. The molecule has 1 aliphatic rings. The molecule has 1 saturated carbocycles. The Balaban J connectivity index is 2.61. The van der Waals surface area contributed by atoms with Gasteiger partial charge in [-0.15, -0.1) is 5.73 Å². The van der Waals surface area contributed by atoms with E-state index in [1.807, 2.05) is 0 Å². The van der Waals surface area contributed by atoms with Crippen LogP contribution in [0.3, 0.4) is 0 Å². The van der Waals surface area contributed by atoms with E-state index in [2.05, 4.69) is 33.1 Å². The van der Waals surface area contributed by atoms with E-state index in [1.54, 1.807) is 0 Å². The lowest BCUT2D eigenvalue weighted by atomic mass is 10.00. The fourth-order valence-corrected chi connectivity index (χ4v) is 1.60. The van der Waals surface area contributed by atoms with E-state index in [4.69, 9.17) is 0 Å². The lowest BCUT2D eigenvalue weighted by molar-refractivity contribution is 0.510. The molecule has 56 valence electrons. The van der Waals surface area contributed by atoms with Crippen LogP contribution in [0.25, 0.3) is 0 Å². The van der Waals surface area contributed by atoms with Gasteiger partial charge in [0.25, 0.3) is 0 Å². The third kappa shape index (κ3) is 1.04. The molecule has 0 N–H and O–H groups in total. The standard InChI is InChI=1S/C10H16/c1-5-8(3)9-7-10(9,4)6-2/h9H,1,6-7H2,2-4H3. The quantitative estimate of drug-likeness (QED) is 0.511. The predicted molar refractivity (Wildman–Crippen MR) is 44.8 cm³/mol. The van der Waals surface area contributed by atoms with E-state index in [0.29, 0.717) is 5.41 Å². The molecule has 2 unspecified atom stereocenters. The molecule has 0 spiro atoms. The molecule has 1 aliphatic carbocycles. The van der Waals surface area contributed by atoms with Gasteiger partial charge in [0.1, 0.15) is 0 Å².